The number of carboxylic acid groups (broad SMARTS) is 1. The van der Waals surface area contributed by atoms with Crippen LogP contribution in [0, 0.1) is 12.8 Å². The highest BCUT2D eigenvalue weighted by atomic mass is 16.4. The first-order chi connectivity index (χ1) is 9.93. The van der Waals surface area contributed by atoms with Gasteiger partial charge in [-0.05, 0) is 18.9 Å². The number of amides is 1. The lowest BCUT2D eigenvalue weighted by Crippen LogP contribution is -2.45. The number of aromatic nitrogens is 4. The molecule has 2 heterocycles. The Kier molecular flexibility index (Phi) is 4.15. The number of carboxylic acids is 1. The SMILES string of the molecule is CCC(C)[C@H](NC(=O)c1nc2nccc(C)n2n1)C(=O)O. The van der Waals surface area contributed by atoms with E-state index in [1.165, 1.54) is 4.52 Å². The Bertz CT molecular complexity index is 681. The van der Waals surface area contributed by atoms with E-state index in [9.17, 15) is 14.7 Å². The van der Waals surface area contributed by atoms with Crippen molar-refractivity contribution < 1.29 is 14.7 Å². The lowest BCUT2D eigenvalue weighted by molar-refractivity contribution is -0.140. The van der Waals surface area contributed by atoms with Crippen LogP contribution in [0.2, 0.25) is 0 Å². The van der Waals surface area contributed by atoms with E-state index < -0.39 is 17.9 Å². The van der Waals surface area contributed by atoms with Crippen molar-refractivity contribution in [3.05, 3.63) is 23.8 Å². The van der Waals surface area contributed by atoms with Crippen LogP contribution in [0.3, 0.4) is 0 Å². The smallest absolute Gasteiger partial charge is 0.326 e. The summed E-state index contributed by atoms with van der Waals surface area (Å²) in [7, 11) is 0. The molecule has 2 aromatic rings. The fourth-order valence-electron chi connectivity index (χ4n) is 1.89. The van der Waals surface area contributed by atoms with E-state index in [0.717, 1.165) is 5.69 Å². The standard InChI is InChI=1S/C13H17N5O3/c1-4-7(2)9(12(20)21)15-11(19)10-16-13-14-6-5-8(3)18(13)17-10/h5-7,9H,4H2,1-3H3,(H,15,19)(H,20,21)/t7?,9-/m0/s1. The van der Waals surface area contributed by atoms with Gasteiger partial charge >= 0.3 is 5.97 Å². The van der Waals surface area contributed by atoms with Gasteiger partial charge in [-0.3, -0.25) is 4.79 Å². The minimum atomic E-state index is -1.07. The van der Waals surface area contributed by atoms with Crippen molar-refractivity contribution in [2.24, 2.45) is 5.92 Å². The molecule has 8 nitrogen and oxygen atoms in total. The van der Waals surface area contributed by atoms with Crippen molar-refractivity contribution in [2.75, 3.05) is 0 Å². The van der Waals surface area contributed by atoms with Gasteiger partial charge in [-0.2, -0.15) is 4.98 Å². The Labute approximate surface area is 121 Å². The molecule has 2 aromatic heterocycles. The van der Waals surface area contributed by atoms with E-state index in [-0.39, 0.29) is 11.7 Å². The molecule has 0 radical (unpaired) electrons. The first-order valence-corrected chi connectivity index (χ1v) is 6.66. The second-order valence-corrected chi connectivity index (χ2v) is 4.91. The first-order valence-electron chi connectivity index (χ1n) is 6.66. The van der Waals surface area contributed by atoms with Crippen LogP contribution in [-0.4, -0.2) is 42.6 Å². The molecule has 0 bridgehead atoms. The number of aryl methyl sites for hydroxylation is 1. The van der Waals surface area contributed by atoms with Crippen molar-refractivity contribution in [1.29, 1.82) is 0 Å². The Morgan fingerprint density at radius 1 is 1.48 bits per heavy atom. The summed E-state index contributed by atoms with van der Waals surface area (Å²) in [5.41, 5.74) is 0.781. The number of rotatable bonds is 5. The molecular weight excluding hydrogens is 274 g/mol. The number of hydrogen-bond donors (Lipinski definition) is 2. The van der Waals surface area contributed by atoms with Crippen molar-refractivity contribution in [2.45, 2.75) is 33.2 Å². The fraction of sp³-hybridized carbons (Fsp3) is 0.462. The Balaban J connectivity index is 2.25. The van der Waals surface area contributed by atoms with Crippen LogP contribution in [-0.2, 0) is 4.79 Å². The normalized spacial score (nSPS) is 13.9. The zero-order valence-corrected chi connectivity index (χ0v) is 12.1. The summed E-state index contributed by atoms with van der Waals surface area (Å²) >= 11 is 0. The van der Waals surface area contributed by atoms with Crippen molar-refractivity contribution in [3.63, 3.8) is 0 Å². The molecule has 0 spiro atoms. The number of carbonyl (C=O) groups is 2. The number of nitrogens with one attached hydrogen (secondary N) is 1. The van der Waals surface area contributed by atoms with Gasteiger partial charge in [0.2, 0.25) is 5.82 Å². The predicted molar refractivity (Wildman–Crippen MR) is 73.9 cm³/mol. The molecule has 2 atom stereocenters. The molecular formula is C13H17N5O3. The number of aliphatic carboxylic acids is 1. The van der Waals surface area contributed by atoms with E-state index in [2.05, 4.69) is 20.4 Å². The van der Waals surface area contributed by atoms with Crippen LogP contribution < -0.4 is 5.32 Å². The number of carbonyl (C=O) groups excluding carboxylic acids is 1. The molecule has 0 aliphatic rings. The molecule has 0 saturated carbocycles. The molecule has 0 aliphatic heterocycles. The Hall–Kier alpha value is -2.51. The summed E-state index contributed by atoms with van der Waals surface area (Å²) in [5.74, 6) is -1.67. The zero-order valence-electron chi connectivity index (χ0n) is 12.1. The van der Waals surface area contributed by atoms with Crippen LogP contribution in [0.4, 0.5) is 0 Å². The highest BCUT2D eigenvalue weighted by molar-refractivity contribution is 5.93. The Morgan fingerprint density at radius 2 is 2.19 bits per heavy atom. The van der Waals surface area contributed by atoms with E-state index >= 15 is 0 Å². The molecule has 1 amide bonds. The van der Waals surface area contributed by atoms with Gasteiger partial charge in [-0.1, -0.05) is 20.3 Å². The van der Waals surface area contributed by atoms with Crippen molar-refractivity contribution in [1.82, 2.24) is 24.9 Å². The third-order valence-electron chi connectivity index (χ3n) is 3.40. The third-order valence-corrected chi connectivity index (χ3v) is 3.40. The molecule has 0 fully saturated rings. The van der Waals surface area contributed by atoms with Gasteiger partial charge in [-0.25, -0.2) is 14.3 Å². The number of hydrogen-bond acceptors (Lipinski definition) is 5. The van der Waals surface area contributed by atoms with Crippen LogP contribution in [0.25, 0.3) is 5.78 Å². The molecule has 112 valence electrons. The summed E-state index contributed by atoms with van der Waals surface area (Å²) < 4.78 is 1.44. The van der Waals surface area contributed by atoms with Crippen LogP contribution in [0.5, 0.6) is 0 Å². The fourth-order valence-corrected chi connectivity index (χ4v) is 1.89. The second kappa shape index (κ2) is 5.86. The maximum atomic E-state index is 12.1. The molecule has 21 heavy (non-hydrogen) atoms. The molecule has 2 rings (SSSR count). The predicted octanol–water partition coefficient (Wildman–Crippen LogP) is 0.662. The van der Waals surface area contributed by atoms with Gasteiger partial charge in [-0.15, -0.1) is 5.10 Å². The highest BCUT2D eigenvalue weighted by Gasteiger charge is 2.27. The maximum absolute atomic E-state index is 12.1. The van der Waals surface area contributed by atoms with E-state index in [0.29, 0.717) is 12.2 Å². The van der Waals surface area contributed by atoms with Crippen LogP contribution in [0.15, 0.2) is 12.3 Å². The highest BCUT2D eigenvalue weighted by Crippen LogP contribution is 2.09. The largest absolute Gasteiger partial charge is 0.480 e. The van der Waals surface area contributed by atoms with Gasteiger partial charge in [0.15, 0.2) is 0 Å². The summed E-state index contributed by atoms with van der Waals surface area (Å²) in [6.07, 6.45) is 2.21. The molecule has 0 aromatic carbocycles. The van der Waals surface area contributed by atoms with Crippen LogP contribution in [0.1, 0.15) is 36.6 Å². The Morgan fingerprint density at radius 3 is 2.76 bits per heavy atom. The minimum absolute atomic E-state index is 0.0913. The molecule has 0 aliphatic carbocycles. The van der Waals surface area contributed by atoms with Gasteiger partial charge in [0.05, 0.1) is 0 Å². The van der Waals surface area contributed by atoms with E-state index in [1.54, 1.807) is 19.2 Å². The maximum Gasteiger partial charge on any atom is 0.326 e. The van der Waals surface area contributed by atoms with Crippen molar-refractivity contribution >= 4 is 17.7 Å². The molecule has 0 saturated heterocycles. The van der Waals surface area contributed by atoms with Gasteiger partial charge in [0, 0.05) is 11.9 Å². The monoisotopic (exact) mass is 291 g/mol. The van der Waals surface area contributed by atoms with Crippen LogP contribution >= 0.6 is 0 Å². The van der Waals surface area contributed by atoms with Crippen molar-refractivity contribution in [3.8, 4) is 0 Å². The van der Waals surface area contributed by atoms with Gasteiger partial charge in [0.25, 0.3) is 11.7 Å². The van der Waals surface area contributed by atoms with Gasteiger partial charge in [0.1, 0.15) is 6.04 Å². The summed E-state index contributed by atoms with van der Waals surface area (Å²) in [4.78, 5) is 31.4. The zero-order chi connectivity index (χ0) is 15.6. The van der Waals surface area contributed by atoms with E-state index in [4.69, 9.17) is 0 Å². The molecule has 8 heteroatoms. The summed E-state index contributed by atoms with van der Waals surface area (Å²) in [6.45, 7) is 5.44. The summed E-state index contributed by atoms with van der Waals surface area (Å²) in [6, 6.07) is 0.769. The summed E-state index contributed by atoms with van der Waals surface area (Å²) in [5, 5.41) is 15.7. The lowest BCUT2D eigenvalue weighted by atomic mass is 9.99. The topological polar surface area (TPSA) is 109 Å². The average molecular weight is 291 g/mol. The third kappa shape index (κ3) is 2.99. The number of fused-ring (bicyclic) bond motifs is 1. The average Bonchev–Trinajstić information content (AvgIpc) is 2.89. The first kappa shape index (κ1) is 14.9. The van der Waals surface area contributed by atoms with Gasteiger partial charge < -0.3 is 10.4 Å². The minimum Gasteiger partial charge on any atom is -0.480 e. The van der Waals surface area contributed by atoms with E-state index in [1.807, 2.05) is 13.8 Å². The quantitative estimate of drug-likeness (QED) is 0.837. The number of nitrogens with zero attached hydrogens (tertiary/aromatic N) is 4. The molecule has 1 unspecified atom stereocenters. The molecule has 2 N–H and O–H groups in total. The second-order valence-electron chi connectivity index (χ2n) is 4.91. The lowest BCUT2D eigenvalue weighted by Gasteiger charge is -2.19.